The number of aryl methyl sites for hydroxylation is 1. The lowest BCUT2D eigenvalue weighted by molar-refractivity contribution is -0.118. The minimum Gasteiger partial charge on any atom is -0.478 e. The maximum Gasteiger partial charge on any atom is 0.340 e. The number of aromatic nitrogens is 1. The number of nitrogens with zero attached hydrogens (tertiary/aromatic N) is 2. The Morgan fingerprint density at radius 3 is 2.57 bits per heavy atom. The molecule has 0 aliphatic heterocycles. The van der Waals surface area contributed by atoms with Gasteiger partial charge in [-0.15, -0.1) is 0 Å². The lowest BCUT2D eigenvalue weighted by Gasteiger charge is -2.18. The topological polar surface area (TPSA) is 133 Å². The van der Waals surface area contributed by atoms with Gasteiger partial charge in [-0.2, -0.15) is 5.26 Å². The molecular formula is C28H22N4O5. The van der Waals surface area contributed by atoms with Gasteiger partial charge in [-0.25, -0.2) is 4.79 Å². The van der Waals surface area contributed by atoms with E-state index in [0.29, 0.717) is 11.1 Å². The zero-order chi connectivity index (χ0) is 26.7. The van der Waals surface area contributed by atoms with E-state index in [2.05, 4.69) is 22.8 Å². The summed E-state index contributed by atoms with van der Waals surface area (Å²) in [6, 6.07) is 18.8. The van der Waals surface area contributed by atoms with Crippen LogP contribution < -0.4 is 15.4 Å². The van der Waals surface area contributed by atoms with Crippen LogP contribution in [0.4, 0.5) is 5.69 Å². The fourth-order valence-corrected chi connectivity index (χ4v) is 3.92. The standard InChI is InChI=1S/C28H22N4O5/c1-16-15-32(23-13-19(27(34)30-3)9-10-20(16)23)17(2)26(33)31-22-12-18(14-29)8-11-25(22)37-24-7-5-4-6-21(24)28(35)36/h6-13,15,17H,1-3H3,(H,30,34)(H,31,33)(H,35,36). The molecule has 0 aliphatic carbocycles. The van der Waals surface area contributed by atoms with Crippen LogP contribution in [0.1, 0.15) is 44.8 Å². The van der Waals surface area contributed by atoms with E-state index < -0.39 is 17.9 Å². The van der Waals surface area contributed by atoms with Crippen LogP contribution in [-0.4, -0.2) is 34.5 Å². The lowest BCUT2D eigenvalue weighted by atomic mass is 10.1. The van der Waals surface area contributed by atoms with Crippen LogP contribution in [0.25, 0.3) is 10.9 Å². The van der Waals surface area contributed by atoms with E-state index in [1.807, 2.05) is 25.3 Å². The molecule has 1 unspecified atom stereocenters. The average Bonchev–Trinajstić information content (AvgIpc) is 3.24. The predicted molar refractivity (Wildman–Crippen MR) is 136 cm³/mol. The fourth-order valence-electron chi connectivity index (χ4n) is 3.92. The molecule has 0 spiro atoms. The van der Waals surface area contributed by atoms with Gasteiger partial charge in [-0.3, -0.25) is 9.59 Å². The van der Waals surface area contributed by atoms with Gasteiger partial charge in [-0.05, 0) is 49.7 Å². The smallest absolute Gasteiger partial charge is 0.340 e. The van der Waals surface area contributed by atoms with Crippen molar-refractivity contribution >= 4 is 34.4 Å². The summed E-state index contributed by atoms with van der Waals surface area (Å²) in [5, 5.41) is 25.1. The zero-order valence-electron chi connectivity index (χ0n) is 20.2. The highest BCUT2D eigenvalue weighted by Gasteiger charge is 2.21. The van der Waals surface area contributed by atoms with Gasteiger partial charge in [0.25, 0.3) is 5.91 Å². The van der Waals surface area contributed by atoms with Crippen LogP contribution in [0.15, 0.2) is 54.7 Å². The Labute approximate surface area is 212 Å². The Balaban J connectivity index is 1.68. The third-order valence-corrected chi connectivity index (χ3v) is 5.90. The Kier molecular flexibility index (Phi) is 6.81. The van der Waals surface area contributed by atoms with E-state index in [0.717, 1.165) is 10.9 Å². The molecule has 3 aromatic carbocycles. The monoisotopic (exact) mass is 494 g/mol. The van der Waals surface area contributed by atoms with Gasteiger partial charge in [-0.1, -0.05) is 18.2 Å². The van der Waals surface area contributed by atoms with Crippen LogP contribution in [-0.2, 0) is 4.79 Å². The molecule has 3 N–H and O–H groups in total. The number of fused-ring (bicyclic) bond motifs is 1. The number of carbonyl (C=O) groups is 3. The number of hydrogen-bond acceptors (Lipinski definition) is 5. The van der Waals surface area contributed by atoms with Gasteiger partial charge in [0.1, 0.15) is 11.6 Å². The molecule has 1 atom stereocenters. The number of nitrogens with one attached hydrogen (secondary N) is 2. The number of benzene rings is 2. The Morgan fingerprint density at radius 2 is 1.86 bits per heavy atom. The fraction of sp³-hybridized carbons (Fsp3) is 0.143. The molecule has 4 aromatic rings. The number of anilines is 1. The molecule has 2 amide bonds. The Morgan fingerprint density at radius 1 is 1.11 bits per heavy atom. The van der Waals surface area contributed by atoms with Gasteiger partial charge < -0.3 is 25.0 Å². The van der Waals surface area contributed by atoms with Crippen molar-refractivity contribution in [2.45, 2.75) is 19.9 Å². The summed E-state index contributed by atoms with van der Waals surface area (Å²) < 4.78 is 7.58. The van der Waals surface area contributed by atoms with Crippen molar-refractivity contribution in [3.05, 3.63) is 89.1 Å². The van der Waals surface area contributed by atoms with E-state index in [9.17, 15) is 24.8 Å². The van der Waals surface area contributed by atoms with Crippen LogP contribution in [0.2, 0.25) is 0 Å². The van der Waals surface area contributed by atoms with E-state index in [-0.39, 0.29) is 34.2 Å². The minimum absolute atomic E-state index is 0.00765. The Hall–Kier alpha value is -5.28. The van der Waals surface area contributed by atoms with Crippen molar-refractivity contribution in [3.8, 4) is 17.6 Å². The quantitative estimate of drug-likeness (QED) is 0.347. The van der Waals surface area contributed by atoms with Crippen LogP contribution >= 0.6 is 0 Å². The maximum atomic E-state index is 13.4. The summed E-state index contributed by atoms with van der Waals surface area (Å²) in [4.78, 5) is 37.1. The molecule has 0 saturated carbocycles. The molecule has 9 heteroatoms. The molecule has 1 heterocycles. The number of carbonyl (C=O) groups excluding carboxylic acids is 2. The number of carboxylic acids is 1. The molecule has 9 nitrogen and oxygen atoms in total. The highest BCUT2D eigenvalue weighted by Crippen LogP contribution is 2.33. The number of aromatic carboxylic acids is 1. The van der Waals surface area contributed by atoms with E-state index in [1.165, 1.54) is 30.3 Å². The van der Waals surface area contributed by atoms with Gasteiger partial charge in [0.2, 0.25) is 5.91 Å². The molecule has 1 aromatic heterocycles. The number of rotatable bonds is 7. The first-order chi connectivity index (χ1) is 17.7. The lowest BCUT2D eigenvalue weighted by Crippen LogP contribution is -2.23. The summed E-state index contributed by atoms with van der Waals surface area (Å²) >= 11 is 0. The summed E-state index contributed by atoms with van der Waals surface area (Å²) in [6.07, 6.45) is 1.83. The minimum atomic E-state index is -1.21. The van der Waals surface area contributed by atoms with E-state index in [4.69, 9.17) is 4.74 Å². The third-order valence-electron chi connectivity index (χ3n) is 5.90. The number of nitriles is 1. The normalized spacial score (nSPS) is 11.2. The summed E-state index contributed by atoms with van der Waals surface area (Å²) in [5.41, 5.74) is 2.46. The molecule has 184 valence electrons. The highest BCUT2D eigenvalue weighted by molar-refractivity contribution is 6.00. The second-order valence-corrected chi connectivity index (χ2v) is 8.28. The third kappa shape index (κ3) is 4.93. The second-order valence-electron chi connectivity index (χ2n) is 8.28. The molecule has 0 saturated heterocycles. The van der Waals surface area contributed by atoms with Crippen molar-refractivity contribution in [1.82, 2.24) is 9.88 Å². The maximum absolute atomic E-state index is 13.4. The average molecular weight is 495 g/mol. The first-order valence-electron chi connectivity index (χ1n) is 11.2. The molecular weight excluding hydrogens is 472 g/mol. The number of ether oxygens (including phenoxy) is 1. The molecule has 37 heavy (non-hydrogen) atoms. The van der Waals surface area contributed by atoms with Gasteiger partial charge in [0, 0.05) is 41.8 Å². The van der Waals surface area contributed by atoms with Crippen LogP contribution in [0.5, 0.6) is 11.5 Å². The van der Waals surface area contributed by atoms with Crippen molar-refractivity contribution < 1.29 is 24.2 Å². The van der Waals surface area contributed by atoms with Gasteiger partial charge in [0.05, 0.1) is 17.3 Å². The van der Waals surface area contributed by atoms with Crippen molar-refractivity contribution in [2.75, 3.05) is 12.4 Å². The Bertz CT molecular complexity index is 1580. The predicted octanol–water partition coefficient (Wildman–Crippen LogP) is 4.47. The molecule has 4 rings (SSSR count). The summed E-state index contributed by atoms with van der Waals surface area (Å²) in [7, 11) is 1.55. The number of hydrogen-bond donors (Lipinski definition) is 3. The summed E-state index contributed by atoms with van der Waals surface area (Å²) in [6.45, 7) is 3.62. The van der Waals surface area contributed by atoms with Crippen molar-refractivity contribution in [1.29, 1.82) is 5.26 Å². The largest absolute Gasteiger partial charge is 0.478 e. The molecule has 0 aliphatic rings. The molecule has 0 fully saturated rings. The highest BCUT2D eigenvalue weighted by atomic mass is 16.5. The van der Waals surface area contributed by atoms with Crippen molar-refractivity contribution in [3.63, 3.8) is 0 Å². The summed E-state index contributed by atoms with van der Waals surface area (Å²) in [5.74, 6) is -1.70. The van der Waals surface area contributed by atoms with E-state index >= 15 is 0 Å². The SMILES string of the molecule is CNC(=O)c1ccc2c(C)cn(C(C)C(=O)Nc3cc(C#N)ccc3Oc3cc#ccc3C(=O)O)c2c1. The first-order valence-corrected chi connectivity index (χ1v) is 11.2. The molecule has 0 radical (unpaired) electrons. The van der Waals surface area contributed by atoms with Crippen molar-refractivity contribution in [2.24, 2.45) is 0 Å². The zero-order valence-corrected chi connectivity index (χ0v) is 20.2. The number of amides is 2. The van der Waals surface area contributed by atoms with Crippen LogP contribution in [0.3, 0.4) is 0 Å². The second kappa shape index (κ2) is 10.1. The first kappa shape index (κ1) is 24.8. The van der Waals surface area contributed by atoms with E-state index in [1.54, 1.807) is 30.7 Å². The van der Waals surface area contributed by atoms with Crippen LogP contribution in [0, 0.1) is 30.4 Å². The van der Waals surface area contributed by atoms with Gasteiger partial charge >= 0.3 is 5.97 Å². The molecule has 0 bridgehead atoms. The van der Waals surface area contributed by atoms with Gasteiger partial charge in [0.15, 0.2) is 11.5 Å². The number of carboxylic acid groups (broad SMARTS) is 1.